The van der Waals surface area contributed by atoms with Crippen LogP contribution in [0.25, 0.3) is 0 Å². The summed E-state index contributed by atoms with van der Waals surface area (Å²) < 4.78 is 5.89. The van der Waals surface area contributed by atoms with Crippen molar-refractivity contribution in [3.8, 4) is 5.75 Å². The first-order valence-corrected chi connectivity index (χ1v) is 10.2. The first-order valence-electron chi connectivity index (χ1n) is 10.2. The van der Waals surface area contributed by atoms with E-state index >= 15 is 0 Å². The van der Waals surface area contributed by atoms with Crippen LogP contribution >= 0.6 is 0 Å². The Morgan fingerprint density at radius 1 is 1.15 bits per heavy atom. The number of nitrogens with one attached hydrogen (secondary N) is 1. The molecule has 1 aliphatic heterocycles. The molecule has 4 nitrogen and oxygen atoms in total. The Bertz CT molecular complexity index is 740. The van der Waals surface area contributed by atoms with E-state index in [0.717, 1.165) is 44.8 Å². The number of rotatable bonds is 8. The number of aromatic amines is 1. The molecule has 0 atom stereocenters. The summed E-state index contributed by atoms with van der Waals surface area (Å²) in [5, 5.41) is 0. The fourth-order valence-corrected chi connectivity index (χ4v) is 3.66. The van der Waals surface area contributed by atoms with Gasteiger partial charge < -0.3 is 9.72 Å². The van der Waals surface area contributed by atoms with Crippen LogP contribution in [-0.4, -0.2) is 29.6 Å². The molecule has 27 heavy (non-hydrogen) atoms. The fraction of sp³-hybridized carbons (Fsp3) is 0.522. The minimum Gasteiger partial charge on any atom is -0.494 e. The summed E-state index contributed by atoms with van der Waals surface area (Å²) in [6, 6.07) is 12.1. The molecular formula is C23H32N2O2. The summed E-state index contributed by atoms with van der Waals surface area (Å²) in [7, 11) is 0. The Balaban J connectivity index is 1.44. The third-order valence-corrected chi connectivity index (χ3v) is 5.35. The molecule has 4 heteroatoms. The van der Waals surface area contributed by atoms with Crippen molar-refractivity contribution in [2.45, 2.75) is 46.1 Å². The molecule has 0 bridgehead atoms. The topological polar surface area (TPSA) is 45.3 Å². The molecule has 146 valence electrons. The molecule has 1 aliphatic rings. The maximum absolute atomic E-state index is 11.2. The van der Waals surface area contributed by atoms with Crippen LogP contribution in [0.2, 0.25) is 0 Å². The van der Waals surface area contributed by atoms with Gasteiger partial charge >= 0.3 is 0 Å². The van der Waals surface area contributed by atoms with Gasteiger partial charge in [-0.3, -0.25) is 9.69 Å². The molecule has 2 aromatic rings. The Hall–Kier alpha value is -2.07. The van der Waals surface area contributed by atoms with Gasteiger partial charge in [-0.15, -0.1) is 0 Å². The molecule has 1 aromatic heterocycles. The molecule has 1 aromatic carbocycles. The zero-order valence-corrected chi connectivity index (χ0v) is 16.6. The lowest BCUT2D eigenvalue weighted by molar-refractivity contribution is 0.176. The number of aromatic nitrogens is 1. The summed E-state index contributed by atoms with van der Waals surface area (Å²) in [4.78, 5) is 16.5. The molecule has 0 spiro atoms. The number of pyridine rings is 1. The summed E-state index contributed by atoms with van der Waals surface area (Å²) in [5.74, 6) is 2.37. The van der Waals surface area contributed by atoms with Crippen molar-refractivity contribution in [2.75, 3.05) is 19.7 Å². The average Bonchev–Trinajstić information content (AvgIpc) is 2.65. The summed E-state index contributed by atoms with van der Waals surface area (Å²) >= 11 is 0. The van der Waals surface area contributed by atoms with E-state index in [1.807, 2.05) is 12.3 Å². The minimum absolute atomic E-state index is 0.0241. The van der Waals surface area contributed by atoms with Crippen molar-refractivity contribution in [1.29, 1.82) is 0 Å². The van der Waals surface area contributed by atoms with E-state index in [4.69, 9.17) is 4.74 Å². The van der Waals surface area contributed by atoms with E-state index in [2.05, 4.69) is 48.0 Å². The van der Waals surface area contributed by atoms with Gasteiger partial charge in [0.1, 0.15) is 5.75 Å². The zero-order chi connectivity index (χ0) is 19.1. The number of nitrogens with zero attached hydrogens (tertiary/aromatic N) is 1. The predicted octanol–water partition coefficient (Wildman–Crippen LogP) is 4.25. The zero-order valence-electron chi connectivity index (χ0n) is 16.6. The maximum atomic E-state index is 11.2. The number of H-pyrrole nitrogens is 1. The number of likely N-dealkylation sites (tertiary alicyclic amines) is 1. The number of benzene rings is 1. The van der Waals surface area contributed by atoms with E-state index in [1.165, 1.54) is 24.0 Å². The second-order valence-electron chi connectivity index (χ2n) is 8.16. The minimum atomic E-state index is -0.0241. The van der Waals surface area contributed by atoms with Crippen LogP contribution < -0.4 is 10.3 Å². The smallest absolute Gasteiger partial charge is 0.247 e. The Morgan fingerprint density at radius 3 is 2.67 bits per heavy atom. The number of ether oxygens (including phenoxy) is 1. The van der Waals surface area contributed by atoms with Gasteiger partial charge in [0.05, 0.1) is 6.61 Å². The molecule has 2 heterocycles. The highest BCUT2D eigenvalue weighted by Gasteiger charge is 2.19. The Labute approximate surface area is 162 Å². The van der Waals surface area contributed by atoms with Crippen LogP contribution in [0.1, 0.15) is 44.2 Å². The lowest BCUT2D eigenvalue weighted by Crippen LogP contribution is -2.33. The van der Waals surface area contributed by atoms with Crippen molar-refractivity contribution in [3.63, 3.8) is 0 Å². The van der Waals surface area contributed by atoms with Gasteiger partial charge in [-0.25, -0.2) is 0 Å². The van der Waals surface area contributed by atoms with Gasteiger partial charge in [-0.2, -0.15) is 0 Å². The van der Waals surface area contributed by atoms with Gasteiger partial charge in [0, 0.05) is 18.8 Å². The molecular weight excluding hydrogens is 336 g/mol. The average molecular weight is 369 g/mol. The number of hydrogen-bond acceptors (Lipinski definition) is 3. The van der Waals surface area contributed by atoms with Crippen molar-refractivity contribution >= 4 is 0 Å². The van der Waals surface area contributed by atoms with Crippen LogP contribution in [0.5, 0.6) is 5.75 Å². The van der Waals surface area contributed by atoms with Crippen LogP contribution in [0.3, 0.4) is 0 Å². The molecule has 0 unspecified atom stereocenters. The number of piperidine rings is 1. The van der Waals surface area contributed by atoms with Crippen LogP contribution in [0.15, 0.2) is 47.4 Å². The molecule has 0 radical (unpaired) electrons. The predicted molar refractivity (Wildman–Crippen MR) is 110 cm³/mol. The summed E-state index contributed by atoms with van der Waals surface area (Å²) in [5.41, 5.74) is 2.54. The van der Waals surface area contributed by atoms with Crippen molar-refractivity contribution in [1.82, 2.24) is 9.88 Å². The van der Waals surface area contributed by atoms with Gasteiger partial charge in [-0.05, 0) is 73.9 Å². The highest BCUT2D eigenvalue weighted by Crippen LogP contribution is 2.23. The highest BCUT2D eigenvalue weighted by molar-refractivity contribution is 5.28. The van der Waals surface area contributed by atoms with Crippen LogP contribution in [0, 0.1) is 11.8 Å². The van der Waals surface area contributed by atoms with Gasteiger partial charge in [-0.1, -0.05) is 32.0 Å². The second kappa shape index (κ2) is 9.75. The third-order valence-electron chi connectivity index (χ3n) is 5.35. The third kappa shape index (κ3) is 6.55. The number of hydrogen-bond donors (Lipinski definition) is 1. The molecule has 0 saturated carbocycles. The van der Waals surface area contributed by atoms with Crippen LogP contribution in [0.4, 0.5) is 0 Å². The molecule has 1 N–H and O–H groups in total. The van der Waals surface area contributed by atoms with Crippen molar-refractivity contribution < 1.29 is 4.74 Å². The molecule has 3 rings (SSSR count). The van der Waals surface area contributed by atoms with Gasteiger partial charge in [0.25, 0.3) is 0 Å². The monoisotopic (exact) mass is 368 g/mol. The largest absolute Gasteiger partial charge is 0.494 e. The SMILES string of the molecule is CC(C)CCOc1cccc(CN2CCC(Cc3ccc(=O)[nH]c3)CC2)c1. The van der Waals surface area contributed by atoms with E-state index in [9.17, 15) is 4.79 Å². The fourth-order valence-electron chi connectivity index (χ4n) is 3.66. The Kier molecular flexibility index (Phi) is 7.11. The highest BCUT2D eigenvalue weighted by atomic mass is 16.5. The summed E-state index contributed by atoms with van der Waals surface area (Å²) in [6.45, 7) is 8.49. The summed E-state index contributed by atoms with van der Waals surface area (Å²) in [6.07, 6.45) is 6.43. The first kappa shape index (κ1) is 19.7. The van der Waals surface area contributed by atoms with Crippen molar-refractivity contribution in [3.05, 3.63) is 64.1 Å². The van der Waals surface area contributed by atoms with Gasteiger partial charge in [0.2, 0.25) is 5.56 Å². The van der Waals surface area contributed by atoms with Crippen LogP contribution in [-0.2, 0) is 13.0 Å². The van der Waals surface area contributed by atoms with E-state index in [1.54, 1.807) is 6.07 Å². The maximum Gasteiger partial charge on any atom is 0.247 e. The quantitative estimate of drug-likeness (QED) is 0.757. The second-order valence-corrected chi connectivity index (χ2v) is 8.16. The lowest BCUT2D eigenvalue weighted by Gasteiger charge is -2.32. The lowest BCUT2D eigenvalue weighted by atomic mass is 9.90. The first-order chi connectivity index (χ1) is 13.1. The molecule has 0 aliphatic carbocycles. The molecule has 1 fully saturated rings. The van der Waals surface area contributed by atoms with E-state index < -0.39 is 0 Å². The van der Waals surface area contributed by atoms with Gasteiger partial charge in [0.15, 0.2) is 0 Å². The standard InChI is InChI=1S/C23H32N2O2/c1-18(2)10-13-27-22-5-3-4-21(15-22)17-25-11-8-19(9-12-25)14-20-6-7-23(26)24-16-20/h3-7,15-16,18-19H,8-14,17H2,1-2H3,(H,24,26). The normalized spacial score (nSPS) is 16.0. The van der Waals surface area contributed by atoms with E-state index in [-0.39, 0.29) is 5.56 Å². The Morgan fingerprint density at radius 2 is 1.96 bits per heavy atom. The van der Waals surface area contributed by atoms with E-state index in [0.29, 0.717) is 11.8 Å². The molecule has 1 saturated heterocycles. The molecule has 0 amide bonds. The van der Waals surface area contributed by atoms with Crippen molar-refractivity contribution in [2.24, 2.45) is 11.8 Å².